The SMILES string of the molecule is CCN(CC(N)c1ccc(F)cc1)c1ccc2ccccc2c1. The van der Waals surface area contributed by atoms with Crippen molar-refractivity contribution in [2.75, 3.05) is 18.0 Å². The predicted molar refractivity (Wildman–Crippen MR) is 95.2 cm³/mol. The molecule has 0 saturated carbocycles. The fourth-order valence-electron chi connectivity index (χ4n) is 2.84. The molecule has 0 aliphatic carbocycles. The monoisotopic (exact) mass is 308 g/mol. The minimum Gasteiger partial charge on any atom is -0.370 e. The van der Waals surface area contributed by atoms with Gasteiger partial charge in [-0.1, -0.05) is 42.5 Å². The van der Waals surface area contributed by atoms with Crippen LogP contribution in [-0.2, 0) is 0 Å². The molecule has 3 aromatic carbocycles. The number of fused-ring (bicyclic) bond motifs is 1. The zero-order valence-corrected chi connectivity index (χ0v) is 13.2. The number of likely N-dealkylation sites (N-methyl/N-ethyl adjacent to an activating group) is 1. The van der Waals surface area contributed by atoms with Crippen molar-refractivity contribution in [3.05, 3.63) is 78.1 Å². The van der Waals surface area contributed by atoms with Crippen LogP contribution in [0.1, 0.15) is 18.5 Å². The van der Waals surface area contributed by atoms with Gasteiger partial charge >= 0.3 is 0 Å². The van der Waals surface area contributed by atoms with Crippen LogP contribution < -0.4 is 10.6 Å². The third-order valence-electron chi connectivity index (χ3n) is 4.20. The molecule has 2 nitrogen and oxygen atoms in total. The highest BCUT2D eigenvalue weighted by molar-refractivity contribution is 5.85. The van der Waals surface area contributed by atoms with E-state index in [0.29, 0.717) is 6.54 Å². The Morgan fingerprint density at radius 1 is 0.957 bits per heavy atom. The molecule has 0 heterocycles. The Morgan fingerprint density at radius 3 is 2.35 bits per heavy atom. The van der Waals surface area contributed by atoms with Crippen molar-refractivity contribution in [3.8, 4) is 0 Å². The van der Waals surface area contributed by atoms with Gasteiger partial charge in [-0.25, -0.2) is 4.39 Å². The standard InChI is InChI=1S/C20H21FN2/c1-2-23(14-20(22)16-7-10-18(21)11-8-16)19-12-9-15-5-3-4-6-17(15)13-19/h3-13,20H,2,14,22H2,1H3. The molecule has 1 unspecified atom stereocenters. The van der Waals surface area contributed by atoms with Crippen molar-refractivity contribution >= 4 is 16.5 Å². The molecule has 0 aromatic heterocycles. The summed E-state index contributed by atoms with van der Waals surface area (Å²) in [6.45, 7) is 3.68. The first-order chi connectivity index (χ1) is 11.2. The molecule has 0 radical (unpaired) electrons. The van der Waals surface area contributed by atoms with Gasteiger partial charge in [0.25, 0.3) is 0 Å². The van der Waals surface area contributed by atoms with Crippen LogP contribution >= 0.6 is 0 Å². The van der Waals surface area contributed by atoms with Crippen molar-refractivity contribution in [3.63, 3.8) is 0 Å². The molecule has 0 spiro atoms. The van der Waals surface area contributed by atoms with E-state index in [-0.39, 0.29) is 11.9 Å². The third kappa shape index (κ3) is 3.51. The number of hydrogen-bond acceptors (Lipinski definition) is 2. The first-order valence-electron chi connectivity index (χ1n) is 7.92. The minimum absolute atomic E-state index is 0.151. The lowest BCUT2D eigenvalue weighted by atomic mass is 10.1. The first-order valence-corrected chi connectivity index (χ1v) is 7.92. The molecule has 3 rings (SSSR count). The second kappa shape index (κ2) is 6.80. The summed E-state index contributed by atoms with van der Waals surface area (Å²) in [5, 5.41) is 2.45. The van der Waals surface area contributed by atoms with E-state index in [1.807, 2.05) is 12.1 Å². The number of hydrogen-bond donors (Lipinski definition) is 1. The summed E-state index contributed by atoms with van der Waals surface area (Å²) < 4.78 is 13.0. The van der Waals surface area contributed by atoms with Gasteiger partial charge in [-0.05, 0) is 47.5 Å². The fourth-order valence-corrected chi connectivity index (χ4v) is 2.84. The molecule has 118 valence electrons. The number of anilines is 1. The Balaban J connectivity index is 1.81. The van der Waals surface area contributed by atoms with Crippen LogP contribution in [0.5, 0.6) is 0 Å². The van der Waals surface area contributed by atoms with E-state index >= 15 is 0 Å². The molecule has 0 bridgehead atoms. The summed E-state index contributed by atoms with van der Waals surface area (Å²) in [6.07, 6.45) is 0. The summed E-state index contributed by atoms with van der Waals surface area (Å²) in [7, 11) is 0. The summed E-state index contributed by atoms with van der Waals surface area (Å²) in [5.74, 6) is -0.233. The Hall–Kier alpha value is -2.39. The van der Waals surface area contributed by atoms with Crippen molar-refractivity contribution in [2.45, 2.75) is 13.0 Å². The molecule has 0 aliphatic rings. The lowest BCUT2D eigenvalue weighted by molar-refractivity contribution is 0.623. The van der Waals surface area contributed by atoms with Gasteiger partial charge in [-0.2, -0.15) is 0 Å². The minimum atomic E-state index is -0.233. The fraction of sp³-hybridized carbons (Fsp3) is 0.200. The molecular formula is C20H21FN2. The normalized spacial score (nSPS) is 12.3. The zero-order chi connectivity index (χ0) is 16.2. The number of nitrogens with two attached hydrogens (primary N) is 1. The molecule has 1 atom stereocenters. The van der Waals surface area contributed by atoms with Gasteiger partial charge in [0.2, 0.25) is 0 Å². The highest BCUT2D eigenvalue weighted by Gasteiger charge is 2.12. The number of benzene rings is 3. The van der Waals surface area contributed by atoms with Gasteiger partial charge in [0.15, 0.2) is 0 Å². The number of halogens is 1. The van der Waals surface area contributed by atoms with Crippen LogP contribution in [0, 0.1) is 5.82 Å². The highest BCUT2D eigenvalue weighted by atomic mass is 19.1. The van der Waals surface area contributed by atoms with Gasteiger partial charge in [-0.3, -0.25) is 0 Å². The second-order valence-electron chi connectivity index (χ2n) is 5.73. The van der Waals surface area contributed by atoms with E-state index in [1.165, 1.54) is 22.9 Å². The first kappa shape index (κ1) is 15.5. The van der Waals surface area contributed by atoms with Crippen LogP contribution in [-0.4, -0.2) is 13.1 Å². The number of nitrogens with zero attached hydrogens (tertiary/aromatic N) is 1. The van der Waals surface area contributed by atoms with Gasteiger partial charge in [0, 0.05) is 24.8 Å². The molecule has 0 fully saturated rings. The van der Waals surface area contributed by atoms with Crippen molar-refractivity contribution in [2.24, 2.45) is 5.73 Å². The van der Waals surface area contributed by atoms with Crippen molar-refractivity contribution in [1.82, 2.24) is 0 Å². The Bertz CT molecular complexity index is 783. The maximum absolute atomic E-state index is 13.0. The third-order valence-corrected chi connectivity index (χ3v) is 4.20. The second-order valence-corrected chi connectivity index (χ2v) is 5.73. The molecule has 3 heteroatoms. The van der Waals surface area contributed by atoms with Crippen LogP contribution in [0.3, 0.4) is 0 Å². The van der Waals surface area contributed by atoms with Crippen LogP contribution in [0.15, 0.2) is 66.7 Å². The van der Waals surface area contributed by atoms with Gasteiger partial charge in [-0.15, -0.1) is 0 Å². The van der Waals surface area contributed by atoms with Gasteiger partial charge < -0.3 is 10.6 Å². The van der Waals surface area contributed by atoms with Gasteiger partial charge in [0.1, 0.15) is 5.82 Å². The highest BCUT2D eigenvalue weighted by Crippen LogP contribution is 2.24. The summed E-state index contributed by atoms with van der Waals surface area (Å²) in [6, 6.07) is 21.1. The van der Waals surface area contributed by atoms with Crippen molar-refractivity contribution in [1.29, 1.82) is 0 Å². The van der Waals surface area contributed by atoms with E-state index in [4.69, 9.17) is 5.73 Å². The molecule has 23 heavy (non-hydrogen) atoms. The largest absolute Gasteiger partial charge is 0.370 e. The smallest absolute Gasteiger partial charge is 0.123 e. The average molecular weight is 308 g/mol. The lowest BCUT2D eigenvalue weighted by Crippen LogP contribution is -2.32. The van der Waals surface area contributed by atoms with E-state index in [0.717, 1.165) is 17.8 Å². The average Bonchev–Trinajstić information content (AvgIpc) is 2.59. The predicted octanol–water partition coefficient (Wildman–Crippen LogP) is 4.51. The maximum atomic E-state index is 13.0. The van der Waals surface area contributed by atoms with E-state index in [1.54, 1.807) is 12.1 Å². The Morgan fingerprint density at radius 2 is 1.65 bits per heavy atom. The molecule has 2 N–H and O–H groups in total. The van der Waals surface area contributed by atoms with Crippen LogP contribution in [0.4, 0.5) is 10.1 Å². The number of rotatable bonds is 5. The van der Waals surface area contributed by atoms with Crippen molar-refractivity contribution < 1.29 is 4.39 Å². The van der Waals surface area contributed by atoms with E-state index in [9.17, 15) is 4.39 Å². The van der Waals surface area contributed by atoms with Crippen LogP contribution in [0.2, 0.25) is 0 Å². The molecular weight excluding hydrogens is 287 g/mol. The Kier molecular flexibility index (Phi) is 4.58. The molecule has 3 aromatic rings. The van der Waals surface area contributed by atoms with Crippen LogP contribution in [0.25, 0.3) is 10.8 Å². The molecule has 0 aliphatic heterocycles. The topological polar surface area (TPSA) is 29.3 Å². The quantitative estimate of drug-likeness (QED) is 0.751. The van der Waals surface area contributed by atoms with E-state index in [2.05, 4.69) is 42.2 Å². The summed E-state index contributed by atoms with van der Waals surface area (Å²) in [5.41, 5.74) is 8.41. The summed E-state index contributed by atoms with van der Waals surface area (Å²) in [4.78, 5) is 2.25. The molecule has 0 amide bonds. The van der Waals surface area contributed by atoms with Gasteiger partial charge in [0.05, 0.1) is 0 Å². The zero-order valence-electron chi connectivity index (χ0n) is 13.2. The van der Waals surface area contributed by atoms with E-state index < -0.39 is 0 Å². The Labute approximate surface area is 136 Å². The maximum Gasteiger partial charge on any atom is 0.123 e. The molecule has 0 saturated heterocycles. The summed E-state index contributed by atoms with van der Waals surface area (Å²) >= 11 is 0. The lowest BCUT2D eigenvalue weighted by Gasteiger charge is -2.27.